The fourth-order valence-corrected chi connectivity index (χ4v) is 3.75. The number of nitrogens with zero attached hydrogens (tertiary/aromatic N) is 1. The van der Waals surface area contributed by atoms with Crippen molar-refractivity contribution in [2.75, 3.05) is 33.9 Å². The molecule has 0 saturated carbocycles. The molecule has 7 nitrogen and oxygen atoms in total. The van der Waals surface area contributed by atoms with Crippen molar-refractivity contribution in [1.82, 2.24) is 15.4 Å². The molecule has 0 aliphatic heterocycles. The highest BCUT2D eigenvalue weighted by molar-refractivity contribution is 14.0. The van der Waals surface area contributed by atoms with Gasteiger partial charge in [0.05, 0.1) is 11.5 Å². The molecule has 0 aliphatic carbocycles. The van der Waals surface area contributed by atoms with Crippen molar-refractivity contribution in [3.63, 3.8) is 0 Å². The van der Waals surface area contributed by atoms with E-state index in [2.05, 4.69) is 34.2 Å². The summed E-state index contributed by atoms with van der Waals surface area (Å²) in [5.41, 5.74) is 0.983. The minimum Gasteiger partial charge on any atom is -0.383 e. The molecule has 1 atom stereocenters. The van der Waals surface area contributed by atoms with Gasteiger partial charge in [-0.2, -0.15) is 0 Å². The Bertz CT molecular complexity index is 681. The predicted molar refractivity (Wildman–Crippen MR) is 130 cm³/mol. The van der Waals surface area contributed by atoms with Crippen LogP contribution in [0.1, 0.15) is 45.1 Å². The van der Waals surface area contributed by atoms with Crippen LogP contribution >= 0.6 is 24.0 Å². The maximum atomic E-state index is 12.2. The van der Waals surface area contributed by atoms with Gasteiger partial charge in [-0.25, -0.2) is 13.1 Å². The molecule has 0 amide bonds. The minimum absolute atomic E-state index is 0. The molecular formula is C20H37IN4O3S. The number of methoxy groups -OCH3 is 1. The lowest BCUT2D eigenvalue weighted by atomic mass is 9.99. The van der Waals surface area contributed by atoms with Gasteiger partial charge in [0.1, 0.15) is 0 Å². The van der Waals surface area contributed by atoms with Crippen molar-refractivity contribution in [3.8, 4) is 0 Å². The first-order chi connectivity index (χ1) is 13.5. The molecule has 0 heterocycles. The topological polar surface area (TPSA) is 91.8 Å². The number of nitrogens with one attached hydrogen (secondary N) is 3. The summed E-state index contributed by atoms with van der Waals surface area (Å²) in [5, 5.41) is 6.66. The van der Waals surface area contributed by atoms with Gasteiger partial charge >= 0.3 is 0 Å². The van der Waals surface area contributed by atoms with E-state index in [4.69, 9.17) is 4.74 Å². The van der Waals surface area contributed by atoms with Gasteiger partial charge < -0.3 is 15.4 Å². The summed E-state index contributed by atoms with van der Waals surface area (Å²) < 4.78 is 31.7. The average Bonchev–Trinajstić information content (AvgIpc) is 2.70. The molecule has 0 aromatic heterocycles. The number of rotatable bonds is 13. The van der Waals surface area contributed by atoms with Crippen LogP contribution in [0.15, 0.2) is 34.2 Å². The summed E-state index contributed by atoms with van der Waals surface area (Å²) in [6.45, 7) is 6.50. The van der Waals surface area contributed by atoms with Crippen LogP contribution in [0, 0.1) is 5.92 Å². The standard InChI is InChI=1S/C20H36N4O3S.HI/c1-5-7-8-17(6-2)15-22-20(21-3)23-16-18-9-11-19(12-10-18)28(25,26)24-13-14-27-4;/h9-12,17,24H,5-8,13-16H2,1-4H3,(H2,21,22,23);1H. The maximum absolute atomic E-state index is 12.2. The van der Waals surface area contributed by atoms with Crippen LogP contribution in [0.5, 0.6) is 0 Å². The van der Waals surface area contributed by atoms with Crippen LogP contribution in [0.2, 0.25) is 0 Å². The molecule has 168 valence electrons. The van der Waals surface area contributed by atoms with Crippen LogP contribution in [0.25, 0.3) is 0 Å². The van der Waals surface area contributed by atoms with Crippen molar-refractivity contribution in [2.45, 2.75) is 51.0 Å². The normalized spacial score (nSPS) is 12.9. The molecule has 1 rings (SSSR count). The van der Waals surface area contributed by atoms with Crippen molar-refractivity contribution >= 4 is 40.0 Å². The second kappa shape index (κ2) is 15.9. The van der Waals surface area contributed by atoms with E-state index >= 15 is 0 Å². The van der Waals surface area contributed by atoms with Crippen molar-refractivity contribution < 1.29 is 13.2 Å². The monoisotopic (exact) mass is 540 g/mol. The maximum Gasteiger partial charge on any atom is 0.240 e. The zero-order valence-electron chi connectivity index (χ0n) is 18.0. The van der Waals surface area contributed by atoms with Crippen molar-refractivity contribution in [2.24, 2.45) is 10.9 Å². The number of hydrogen-bond acceptors (Lipinski definition) is 4. The van der Waals surface area contributed by atoms with Crippen LogP contribution in [-0.4, -0.2) is 48.2 Å². The summed E-state index contributed by atoms with van der Waals surface area (Å²) in [6, 6.07) is 6.84. The van der Waals surface area contributed by atoms with Gasteiger partial charge in [-0.1, -0.05) is 45.2 Å². The molecule has 0 radical (unpaired) electrons. The zero-order chi connectivity index (χ0) is 20.8. The summed E-state index contributed by atoms with van der Waals surface area (Å²) in [6.07, 6.45) is 4.85. The number of sulfonamides is 1. The minimum atomic E-state index is -3.50. The third-order valence-corrected chi connectivity index (χ3v) is 6.09. The lowest BCUT2D eigenvalue weighted by Crippen LogP contribution is -2.39. The molecule has 3 N–H and O–H groups in total. The molecule has 0 saturated heterocycles. The zero-order valence-corrected chi connectivity index (χ0v) is 21.2. The Kier molecular flexibility index (Phi) is 15.4. The third-order valence-electron chi connectivity index (χ3n) is 4.62. The molecule has 0 spiro atoms. The van der Waals surface area contributed by atoms with Gasteiger partial charge in [-0.15, -0.1) is 24.0 Å². The van der Waals surface area contributed by atoms with Crippen LogP contribution in [0.4, 0.5) is 0 Å². The fourth-order valence-electron chi connectivity index (χ4n) is 2.74. The van der Waals surface area contributed by atoms with Crippen molar-refractivity contribution in [3.05, 3.63) is 29.8 Å². The smallest absolute Gasteiger partial charge is 0.240 e. The Morgan fingerprint density at radius 2 is 1.86 bits per heavy atom. The van der Waals surface area contributed by atoms with E-state index < -0.39 is 10.0 Å². The van der Waals surface area contributed by atoms with E-state index in [0.717, 1.165) is 24.5 Å². The Labute approximate surface area is 193 Å². The second-order valence-electron chi connectivity index (χ2n) is 6.76. The summed E-state index contributed by atoms with van der Waals surface area (Å²) in [4.78, 5) is 4.51. The predicted octanol–water partition coefficient (Wildman–Crippen LogP) is 3.11. The SMILES string of the molecule is CCCCC(CC)CNC(=NC)NCc1ccc(S(=O)(=O)NCCOC)cc1.I. The number of ether oxygens (including phenoxy) is 1. The lowest BCUT2D eigenvalue weighted by molar-refractivity contribution is 0.204. The third kappa shape index (κ3) is 11.2. The van der Waals surface area contributed by atoms with Gasteiger partial charge in [-0.3, -0.25) is 4.99 Å². The van der Waals surface area contributed by atoms with E-state index in [9.17, 15) is 8.42 Å². The van der Waals surface area contributed by atoms with Gasteiger partial charge in [-0.05, 0) is 30.0 Å². The van der Waals surface area contributed by atoms with Gasteiger partial charge in [0.15, 0.2) is 5.96 Å². The summed E-state index contributed by atoms with van der Waals surface area (Å²) in [5.74, 6) is 1.40. The van der Waals surface area contributed by atoms with Crippen LogP contribution in [0.3, 0.4) is 0 Å². The number of benzene rings is 1. The van der Waals surface area contributed by atoms with Crippen molar-refractivity contribution in [1.29, 1.82) is 0 Å². The molecule has 1 aromatic carbocycles. The van der Waals surface area contributed by atoms with Gasteiger partial charge in [0.25, 0.3) is 0 Å². The number of unbranched alkanes of at least 4 members (excludes halogenated alkanes) is 1. The summed E-state index contributed by atoms with van der Waals surface area (Å²) >= 11 is 0. The molecule has 0 bridgehead atoms. The van der Waals surface area contributed by atoms with Crippen LogP contribution < -0.4 is 15.4 Å². The Balaban J connectivity index is 0.00000784. The molecule has 29 heavy (non-hydrogen) atoms. The largest absolute Gasteiger partial charge is 0.383 e. The average molecular weight is 541 g/mol. The van der Waals surface area contributed by atoms with E-state index in [1.165, 1.54) is 26.4 Å². The van der Waals surface area contributed by atoms with E-state index in [0.29, 0.717) is 19.1 Å². The molecule has 1 aromatic rings. The number of guanidine groups is 1. The highest BCUT2D eigenvalue weighted by Crippen LogP contribution is 2.12. The fraction of sp³-hybridized carbons (Fsp3) is 0.650. The highest BCUT2D eigenvalue weighted by Gasteiger charge is 2.13. The Hall–Kier alpha value is -0.910. The number of hydrogen-bond donors (Lipinski definition) is 3. The first-order valence-electron chi connectivity index (χ1n) is 9.98. The Morgan fingerprint density at radius 1 is 1.17 bits per heavy atom. The van der Waals surface area contributed by atoms with E-state index in [1.54, 1.807) is 31.3 Å². The van der Waals surface area contributed by atoms with E-state index in [1.807, 2.05) is 0 Å². The van der Waals surface area contributed by atoms with Crippen LogP contribution in [-0.2, 0) is 21.3 Å². The number of halogens is 1. The quantitative estimate of drug-likeness (QED) is 0.155. The van der Waals surface area contributed by atoms with Gasteiger partial charge in [0, 0.05) is 33.8 Å². The number of aliphatic imine (C=N–C) groups is 1. The lowest BCUT2D eigenvalue weighted by Gasteiger charge is -2.18. The summed E-state index contributed by atoms with van der Waals surface area (Å²) in [7, 11) is -0.213. The molecule has 0 aliphatic rings. The molecule has 1 unspecified atom stereocenters. The van der Waals surface area contributed by atoms with Gasteiger partial charge in [0.2, 0.25) is 10.0 Å². The first kappa shape index (κ1) is 28.1. The molecule has 9 heteroatoms. The first-order valence-corrected chi connectivity index (χ1v) is 11.5. The van der Waals surface area contributed by atoms with E-state index in [-0.39, 0.29) is 35.4 Å². The highest BCUT2D eigenvalue weighted by atomic mass is 127. The Morgan fingerprint density at radius 3 is 2.41 bits per heavy atom. The second-order valence-corrected chi connectivity index (χ2v) is 8.52. The molecule has 0 fully saturated rings. The molecular weight excluding hydrogens is 503 g/mol.